The average molecular weight is 663 g/mol. The van der Waals surface area contributed by atoms with Gasteiger partial charge in [-0.3, -0.25) is 0 Å². The average Bonchev–Trinajstić information content (AvgIpc) is 3.57. The van der Waals surface area contributed by atoms with Crippen LogP contribution in [0.5, 0.6) is 0 Å². The molecule has 244 valence electrons. The summed E-state index contributed by atoms with van der Waals surface area (Å²) in [5.41, 5.74) is 11.7. The van der Waals surface area contributed by atoms with Gasteiger partial charge in [-0.15, -0.1) is 0 Å². The molecule has 0 aliphatic carbocycles. The highest BCUT2D eigenvalue weighted by Gasteiger charge is 2.19. The number of anilines is 3. The van der Waals surface area contributed by atoms with Crippen molar-refractivity contribution < 1.29 is 0 Å². The van der Waals surface area contributed by atoms with Crippen LogP contribution in [0, 0.1) is 0 Å². The van der Waals surface area contributed by atoms with E-state index in [1.54, 1.807) is 0 Å². The highest BCUT2D eigenvalue weighted by molar-refractivity contribution is 6.18. The van der Waals surface area contributed by atoms with Crippen molar-refractivity contribution in [3.63, 3.8) is 0 Å². The predicted molar refractivity (Wildman–Crippen MR) is 221 cm³/mol. The summed E-state index contributed by atoms with van der Waals surface area (Å²) in [4.78, 5) is 2.39. The molecule has 0 bridgehead atoms. The van der Waals surface area contributed by atoms with Gasteiger partial charge in [0.25, 0.3) is 0 Å². The standard InChI is InChI=1S/C50H34N2/c1-2-13-36(14-3-1)44-19-8-10-23-48(44)51(39-28-25-38(26-29-39)43-22-12-17-35-15-4-6-18-42(35)43)40-30-32-41(33-31-40)52-49-24-11-9-21-46(49)47-34-27-37-16-5-7-20-45(37)50(47)52/h1-34H. The zero-order valence-corrected chi connectivity index (χ0v) is 28.5. The van der Waals surface area contributed by atoms with Crippen LogP contribution < -0.4 is 4.90 Å². The Bertz CT molecular complexity index is 2880. The molecule has 0 amide bonds. The Morgan fingerprint density at radius 2 is 0.885 bits per heavy atom. The van der Waals surface area contributed by atoms with Gasteiger partial charge in [0.1, 0.15) is 0 Å². The van der Waals surface area contributed by atoms with Crippen LogP contribution in [-0.2, 0) is 0 Å². The molecule has 0 unspecified atom stereocenters. The second-order valence-electron chi connectivity index (χ2n) is 13.3. The van der Waals surface area contributed by atoms with E-state index >= 15 is 0 Å². The number of hydrogen-bond donors (Lipinski definition) is 0. The summed E-state index contributed by atoms with van der Waals surface area (Å²) in [6.45, 7) is 0. The molecule has 1 aromatic heterocycles. The fourth-order valence-electron chi connectivity index (χ4n) is 7.97. The third kappa shape index (κ3) is 4.96. The van der Waals surface area contributed by atoms with Crippen molar-refractivity contribution in [3.8, 4) is 27.9 Å². The number of rotatable bonds is 6. The Kier molecular flexibility index (Phi) is 7.18. The van der Waals surface area contributed by atoms with Crippen molar-refractivity contribution in [1.29, 1.82) is 0 Å². The molecule has 0 N–H and O–H groups in total. The molecule has 0 saturated heterocycles. The number of para-hydroxylation sites is 2. The van der Waals surface area contributed by atoms with E-state index in [1.807, 2.05) is 0 Å². The van der Waals surface area contributed by atoms with Crippen LogP contribution in [0.4, 0.5) is 17.1 Å². The van der Waals surface area contributed by atoms with Gasteiger partial charge in [0.15, 0.2) is 0 Å². The highest BCUT2D eigenvalue weighted by atomic mass is 15.1. The predicted octanol–water partition coefficient (Wildman–Crippen LogP) is 13.9. The number of nitrogens with zero attached hydrogens (tertiary/aromatic N) is 2. The van der Waals surface area contributed by atoms with E-state index in [2.05, 4.69) is 216 Å². The molecule has 9 aromatic carbocycles. The van der Waals surface area contributed by atoms with Gasteiger partial charge in [-0.25, -0.2) is 0 Å². The summed E-state index contributed by atoms with van der Waals surface area (Å²) < 4.78 is 2.43. The lowest BCUT2D eigenvalue weighted by Gasteiger charge is -2.28. The van der Waals surface area contributed by atoms with Crippen LogP contribution in [0.3, 0.4) is 0 Å². The van der Waals surface area contributed by atoms with Gasteiger partial charge in [0, 0.05) is 38.8 Å². The fourth-order valence-corrected chi connectivity index (χ4v) is 7.97. The molecule has 0 saturated carbocycles. The number of fused-ring (bicyclic) bond motifs is 6. The molecule has 0 atom stereocenters. The van der Waals surface area contributed by atoms with Gasteiger partial charge in [-0.2, -0.15) is 0 Å². The third-order valence-corrected chi connectivity index (χ3v) is 10.4. The summed E-state index contributed by atoms with van der Waals surface area (Å²) in [5.74, 6) is 0. The SMILES string of the molecule is c1ccc(-c2ccccc2N(c2ccc(-c3cccc4ccccc34)cc2)c2ccc(-n3c4ccccc4c4ccc5ccccc5c43)cc2)cc1. The smallest absolute Gasteiger partial charge is 0.0619 e. The van der Waals surface area contributed by atoms with Crippen LogP contribution in [0.15, 0.2) is 206 Å². The Morgan fingerprint density at radius 1 is 0.327 bits per heavy atom. The van der Waals surface area contributed by atoms with Gasteiger partial charge >= 0.3 is 0 Å². The fraction of sp³-hybridized carbons (Fsp3) is 0. The monoisotopic (exact) mass is 662 g/mol. The first kappa shape index (κ1) is 30.0. The lowest BCUT2D eigenvalue weighted by molar-refractivity contribution is 1.18. The molecule has 10 rings (SSSR count). The molecule has 0 aliphatic rings. The van der Waals surface area contributed by atoms with Crippen LogP contribution in [0.2, 0.25) is 0 Å². The van der Waals surface area contributed by atoms with Crippen molar-refractivity contribution in [2.45, 2.75) is 0 Å². The zero-order chi connectivity index (χ0) is 34.4. The molecule has 2 nitrogen and oxygen atoms in total. The number of benzene rings is 9. The Balaban J connectivity index is 1.14. The van der Waals surface area contributed by atoms with Gasteiger partial charge < -0.3 is 9.47 Å². The quantitative estimate of drug-likeness (QED) is 0.172. The third-order valence-electron chi connectivity index (χ3n) is 10.4. The molecule has 52 heavy (non-hydrogen) atoms. The number of hydrogen-bond acceptors (Lipinski definition) is 1. The van der Waals surface area contributed by atoms with Gasteiger partial charge in [-0.1, -0.05) is 158 Å². The minimum Gasteiger partial charge on any atom is -0.310 e. The van der Waals surface area contributed by atoms with Crippen LogP contribution in [-0.4, -0.2) is 4.57 Å². The molecule has 0 aliphatic heterocycles. The summed E-state index contributed by atoms with van der Waals surface area (Å²) in [6.07, 6.45) is 0. The Morgan fingerprint density at radius 3 is 1.67 bits per heavy atom. The van der Waals surface area contributed by atoms with Crippen molar-refractivity contribution >= 4 is 60.4 Å². The summed E-state index contributed by atoms with van der Waals surface area (Å²) in [6, 6.07) is 74.6. The molecular weight excluding hydrogens is 629 g/mol. The largest absolute Gasteiger partial charge is 0.310 e. The molecule has 2 heteroatoms. The first-order valence-electron chi connectivity index (χ1n) is 17.9. The minimum atomic E-state index is 1.09. The van der Waals surface area contributed by atoms with Gasteiger partial charge in [0.05, 0.1) is 16.7 Å². The lowest BCUT2D eigenvalue weighted by atomic mass is 9.97. The van der Waals surface area contributed by atoms with E-state index in [-0.39, 0.29) is 0 Å². The number of aromatic nitrogens is 1. The normalized spacial score (nSPS) is 11.5. The maximum atomic E-state index is 2.43. The maximum absolute atomic E-state index is 2.43. The van der Waals surface area contributed by atoms with E-state index in [9.17, 15) is 0 Å². The van der Waals surface area contributed by atoms with Gasteiger partial charge in [0.2, 0.25) is 0 Å². The van der Waals surface area contributed by atoms with E-state index in [4.69, 9.17) is 0 Å². The highest BCUT2D eigenvalue weighted by Crippen LogP contribution is 2.43. The van der Waals surface area contributed by atoms with Crippen LogP contribution in [0.1, 0.15) is 0 Å². The van der Waals surface area contributed by atoms with E-state index in [1.165, 1.54) is 65.6 Å². The Labute approximate surface area is 303 Å². The second kappa shape index (κ2) is 12.5. The Hall–Kier alpha value is -6.90. The minimum absolute atomic E-state index is 1.09. The molecule has 0 fully saturated rings. The van der Waals surface area contributed by atoms with Crippen molar-refractivity contribution in [3.05, 3.63) is 206 Å². The topological polar surface area (TPSA) is 8.17 Å². The summed E-state index contributed by atoms with van der Waals surface area (Å²) in [5, 5.41) is 7.53. The first-order valence-corrected chi connectivity index (χ1v) is 17.9. The van der Waals surface area contributed by atoms with Crippen molar-refractivity contribution in [2.75, 3.05) is 4.90 Å². The first-order chi connectivity index (χ1) is 25.8. The van der Waals surface area contributed by atoms with Crippen molar-refractivity contribution in [2.24, 2.45) is 0 Å². The molecule has 0 spiro atoms. The second-order valence-corrected chi connectivity index (χ2v) is 13.3. The van der Waals surface area contributed by atoms with Crippen LogP contribution >= 0.6 is 0 Å². The molecule has 0 radical (unpaired) electrons. The van der Waals surface area contributed by atoms with Gasteiger partial charge in [-0.05, 0) is 81.4 Å². The maximum Gasteiger partial charge on any atom is 0.0619 e. The lowest BCUT2D eigenvalue weighted by Crippen LogP contribution is -2.11. The zero-order valence-electron chi connectivity index (χ0n) is 28.5. The molecule has 1 heterocycles. The van der Waals surface area contributed by atoms with Crippen molar-refractivity contribution in [1.82, 2.24) is 4.57 Å². The van der Waals surface area contributed by atoms with E-state index < -0.39 is 0 Å². The molecular formula is C50H34N2. The van der Waals surface area contributed by atoms with Crippen LogP contribution in [0.25, 0.3) is 71.3 Å². The summed E-state index contributed by atoms with van der Waals surface area (Å²) in [7, 11) is 0. The van der Waals surface area contributed by atoms with E-state index in [0.29, 0.717) is 0 Å². The molecule has 10 aromatic rings. The van der Waals surface area contributed by atoms with E-state index in [0.717, 1.165) is 22.7 Å². The summed E-state index contributed by atoms with van der Waals surface area (Å²) >= 11 is 0.